The summed E-state index contributed by atoms with van der Waals surface area (Å²) in [5.41, 5.74) is 0.707. The van der Waals surface area contributed by atoms with Crippen LogP contribution < -0.4 is 4.90 Å². The molecule has 1 aromatic carbocycles. The monoisotopic (exact) mass is 367 g/mol. The predicted octanol–water partition coefficient (Wildman–Crippen LogP) is 0.811. The van der Waals surface area contributed by atoms with Crippen molar-refractivity contribution in [3.05, 3.63) is 29.8 Å². The molecule has 1 N–H and O–H groups in total. The minimum Gasteiger partial charge on any atom is -0.465 e. The van der Waals surface area contributed by atoms with Gasteiger partial charge in [0.1, 0.15) is 6.07 Å². The molecule has 0 saturated carbocycles. The number of amides is 1. The Hall–Kier alpha value is -3.30. The van der Waals surface area contributed by atoms with Gasteiger partial charge in [0, 0.05) is 39.3 Å². The van der Waals surface area contributed by atoms with E-state index < -0.39 is 6.09 Å². The number of aliphatic imine (C=N–C) groups is 1. The maximum Gasteiger partial charge on any atom is 0.412 e. The Morgan fingerprint density at radius 3 is 2.44 bits per heavy atom. The van der Waals surface area contributed by atoms with Gasteiger partial charge in [0.05, 0.1) is 17.3 Å². The molecule has 1 aromatic rings. The molecule has 27 heavy (non-hydrogen) atoms. The minimum absolute atomic E-state index is 0.298. The number of likely N-dealkylation sites (N-methyl/N-ethyl adjacent to an activating group) is 1. The quantitative estimate of drug-likeness (QED) is 0.468. The highest BCUT2D eigenvalue weighted by Gasteiger charge is 2.39. The van der Waals surface area contributed by atoms with Crippen molar-refractivity contribution in [3.8, 4) is 12.3 Å². The number of hydrogen-bond donors (Lipinski definition) is 1. The fourth-order valence-electron chi connectivity index (χ4n) is 3.41. The average Bonchev–Trinajstić information content (AvgIpc) is 2.63. The number of hydrogen-bond acceptors (Lipinski definition) is 5. The van der Waals surface area contributed by atoms with E-state index in [9.17, 15) is 15.2 Å². The number of likely N-dealkylation sites (tertiary alicyclic amines) is 1. The summed E-state index contributed by atoms with van der Waals surface area (Å²) >= 11 is 0. The number of nitriles is 2. The van der Waals surface area contributed by atoms with Gasteiger partial charge in [0.15, 0.2) is 0 Å². The molecule has 140 valence electrons. The molecule has 9 heteroatoms. The summed E-state index contributed by atoms with van der Waals surface area (Å²) in [4.78, 5) is 23.3. The van der Waals surface area contributed by atoms with Crippen LogP contribution in [-0.4, -0.2) is 84.2 Å². The van der Waals surface area contributed by atoms with E-state index in [0.29, 0.717) is 30.3 Å². The zero-order valence-corrected chi connectivity index (χ0v) is 15.1. The lowest BCUT2D eigenvalue weighted by Crippen LogP contribution is -2.66. The number of anilines is 1. The molecular formula is C18H21N7O2. The summed E-state index contributed by atoms with van der Waals surface area (Å²) in [7, 11) is 2.05. The molecule has 2 heterocycles. The number of carboxylic acid groups (broad SMARTS) is 1. The topological polar surface area (TPSA) is 110 Å². The fraction of sp³-hybridized carbons (Fsp3) is 0.444. The molecule has 0 unspecified atom stereocenters. The van der Waals surface area contributed by atoms with Crippen LogP contribution in [0.3, 0.4) is 0 Å². The summed E-state index contributed by atoms with van der Waals surface area (Å²) in [5.74, 6) is 0.598. The standard InChI is InChI=1S/C18H21N7O2/c1-22-6-8-23(9-7-22)17(21-13-20)24-11-15(12-24)25(18(26)27)16-5-3-2-4-14(16)10-19/h2-5,15H,6-9,11-12H2,1H3,(H,26,27)/b21-17+. The van der Waals surface area contributed by atoms with Gasteiger partial charge in [-0.15, -0.1) is 4.99 Å². The Kier molecular flexibility index (Phi) is 5.43. The van der Waals surface area contributed by atoms with E-state index in [2.05, 4.69) is 21.8 Å². The first-order valence-electron chi connectivity index (χ1n) is 8.71. The van der Waals surface area contributed by atoms with Crippen LogP contribution in [0.5, 0.6) is 0 Å². The minimum atomic E-state index is -1.10. The maximum atomic E-state index is 11.8. The van der Waals surface area contributed by atoms with Gasteiger partial charge in [-0.25, -0.2) is 4.79 Å². The molecule has 1 amide bonds. The predicted molar refractivity (Wildman–Crippen MR) is 99.1 cm³/mol. The number of guanidine groups is 1. The third-order valence-corrected chi connectivity index (χ3v) is 4.94. The Labute approximate surface area is 157 Å². The first kappa shape index (κ1) is 18.5. The molecule has 0 spiro atoms. The van der Waals surface area contributed by atoms with Crippen LogP contribution >= 0.6 is 0 Å². The lowest BCUT2D eigenvalue weighted by Gasteiger charge is -2.48. The molecule has 2 aliphatic rings. The van der Waals surface area contributed by atoms with Crippen LogP contribution in [0.4, 0.5) is 10.5 Å². The van der Waals surface area contributed by atoms with Gasteiger partial charge in [-0.2, -0.15) is 10.5 Å². The Balaban J connectivity index is 1.74. The summed E-state index contributed by atoms with van der Waals surface area (Å²) < 4.78 is 0. The van der Waals surface area contributed by atoms with E-state index in [0.717, 1.165) is 26.2 Å². The first-order chi connectivity index (χ1) is 13.0. The van der Waals surface area contributed by atoms with E-state index in [1.165, 1.54) is 4.90 Å². The second kappa shape index (κ2) is 7.94. The molecule has 3 rings (SSSR count). The molecule has 0 bridgehead atoms. The second-order valence-corrected chi connectivity index (χ2v) is 6.64. The SMILES string of the molecule is CN1CCN(/C(=N\C#N)N2CC(N(C(=O)O)c3ccccc3C#N)C2)CC1. The van der Waals surface area contributed by atoms with E-state index in [1.807, 2.05) is 17.2 Å². The lowest BCUT2D eigenvalue weighted by molar-refractivity contribution is 0.157. The molecule has 0 aliphatic carbocycles. The highest BCUT2D eigenvalue weighted by Crippen LogP contribution is 2.27. The summed E-state index contributed by atoms with van der Waals surface area (Å²) in [6, 6.07) is 8.42. The van der Waals surface area contributed by atoms with Gasteiger partial charge in [-0.1, -0.05) is 12.1 Å². The van der Waals surface area contributed by atoms with Crippen molar-refractivity contribution in [3.63, 3.8) is 0 Å². The number of para-hydroxylation sites is 1. The molecule has 0 aromatic heterocycles. The van der Waals surface area contributed by atoms with Crippen LogP contribution in [-0.2, 0) is 0 Å². The van der Waals surface area contributed by atoms with Gasteiger partial charge < -0.3 is 19.8 Å². The summed E-state index contributed by atoms with van der Waals surface area (Å²) in [5, 5.41) is 28.0. The number of benzene rings is 1. The first-order valence-corrected chi connectivity index (χ1v) is 8.71. The number of nitrogens with zero attached hydrogens (tertiary/aromatic N) is 7. The largest absolute Gasteiger partial charge is 0.465 e. The highest BCUT2D eigenvalue weighted by molar-refractivity contribution is 5.90. The van der Waals surface area contributed by atoms with Gasteiger partial charge in [0.25, 0.3) is 0 Å². The van der Waals surface area contributed by atoms with Crippen LogP contribution in [0, 0.1) is 22.8 Å². The van der Waals surface area contributed by atoms with Gasteiger partial charge in [-0.05, 0) is 19.2 Å². The van der Waals surface area contributed by atoms with Crippen LogP contribution in [0.25, 0.3) is 0 Å². The third-order valence-electron chi connectivity index (χ3n) is 4.94. The number of piperazine rings is 1. The molecule has 2 aliphatic heterocycles. The smallest absolute Gasteiger partial charge is 0.412 e. The van der Waals surface area contributed by atoms with Crippen molar-refractivity contribution in [1.82, 2.24) is 14.7 Å². The zero-order chi connectivity index (χ0) is 19.4. The van der Waals surface area contributed by atoms with Crippen LogP contribution in [0.1, 0.15) is 5.56 Å². The van der Waals surface area contributed by atoms with Gasteiger partial charge in [-0.3, -0.25) is 4.90 Å². The summed E-state index contributed by atoms with van der Waals surface area (Å²) in [6.45, 7) is 4.19. The molecule has 9 nitrogen and oxygen atoms in total. The fourth-order valence-corrected chi connectivity index (χ4v) is 3.41. The van der Waals surface area contributed by atoms with Crippen molar-refractivity contribution in [2.75, 3.05) is 51.2 Å². The number of rotatable bonds is 2. The maximum absolute atomic E-state index is 11.8. The van der Waals surface area contributed by atoms with E-state index in [4.69, 9.17) is 5.26 Å². The molecule has 0 radical (unpaired) electrons. The molecule has 2 fully saturated rings. The average molecular weight is 367 g/mol. The Morgan fingerprint density at radius 1 is 1.19 bits per heavy atom. The highest BCUT2D eigenvalue weighted by atomic mass is 16.4. The van der Waals surface area contributed by atoms with Crippen molar-refractivity contribution >= 4 is 17.7 Å². The van der Waals surface area contributed by atoms with Gasteiger partial charge in [0.2, 0.25) is 12.2 Å². The van der Waals surface area contributed by atoms with Crippen LogP contribution in [0.15, 0.2) is 29.3 Å². The Morgan fingerprint density at radius 2 is 1.85 bits per heavy atom. The third kappa shape index (κ3) is 3.78. The van der Waals surface area contributed by atoms with E-state index >= 15 is 0 Å². The van der Waals surface area contributed by atoms with Crippen molar-refractivity contribution < 1.29 is 9.90 Å². The summed E-state index contributed by atoms with van der Waals surface area (Å²) in [6.07, 6.45) is 0.764. The lowest BCUT2D eigenvalue weighted by atomic mass is 10.0. The normalized spacial score (nSPS) is 18.4. The molecule has 2 saturated heterocycles. The van der Waals surface area contributed by atoms with Crippen molar-refractivity contribution in [2.24, 2.45) is 4.99 Å². The van der Waals surface area contributed by atoms with E-state index in [1.54, 1.807) is 24.3 Å². The van der Waals surface area contributed by atoms with Crippen molar-refractivity contribution in [1.29, 1.82) is 10.5 Å². The van der Waals surface area contributed by atoms with E-state index in [-0.39, 0.29) is 6.04 Å². The van der Waals surface area contributed by atoms with Crippen LogP contribution in [0.2, 0.25) is 0 Å². The second-order valence-electron chi connectivity index (χ2n) is 6.64. The molecule has 0 atom stereocenters. The zero-order valence-electron chi connectivity index (χ0n) is 15.1. The van der Waals surface area contributed by atoms with Gasteiger partial charge >= 0.3 is 6.09 Å². The number of carbonyl (C=O) groups is 1. The Bertz CT molecular complexity index is 812. The van der Waals surface area contributed by atoms with Crippen molar-refractivity contribution in [2.45, 2.75) is 6.04 Å². The molecular weight excluding hydrogens is 346 g/mol.